The van der Waals surface area contributed by atoms with E-state index in [0.717, 1.165) is 73.9 Å². The molecule has 2 aromatic heterocycles. The minimum absolute atomic E-state index is 0.0545. The summed E-state index contributed by atoms with van der Waals surface area (Å²) < 4.78 is 1.89. The zero-order chi connectivity index (χ0) is 33.7. The molecule has 2 fully saturated rings. The fourth-order valence-electron chi connectivity index (χ4n) is 6.64. The second-order valence-corrected chi connectivity index (χ2v) is 13.3. The van der Waals surface area contributed by atoms with Crippen molar-refractivity contribution >= 4 is 34.5 Å². The molecule has 0 spiro atoms. The number of likely N-dealkylation sites (tertiary alicyclic amines) is 1. The number of aryl methyl sites for hydroxylation is 1. The van der Waals surface area contributed by atoms with Crippen molar-refractivity contribution in [3.63, 3.8) is 0 Å². The number of rotatable bonds is 18. The van der Waals surface area contributed by atoms with Crippen LogP contribution in [-0.4, -0.2) is 110 Å². The summed E-state index contributed by atoms with van der Waals surface area (Å²) in [6.07, 6.45) is 12.8. The van der Waals surface area contributed by atoms with E-state index in [1.807, 2.05) is 35.1 Å². The SMILES string of the molecule is CN(CCCNCCCn1cc(CNc2nc(NC3CCN(C(=O)CCC(N)C(=O)O)CC3)c3ccccc3n2)nn1)C1CCCCC1. The normalized spacial score (nSPS) is 16.8. The van der Waals surface area contributed by atoms with Gasteiger partial charge in [-0.05, 0) is 83.8 Å². The van der Waals surface area contributed by atoms with Crippen LogP contribution in [0.3, 0.4) is 0 Å². The molecular weight excluding hydrogens is 610 g/mol. The molecule has 5 rings (SSSR count). The minimum atomic E-state index is -1.08. The van der Waals surface area contributed by atoms with Gasteiger partial charge in [0.2, 0.25) is 11.9 Å². The number of carboxylic acids is 1. The van der Waals surface area contributed by atoms with Gasteiger partial charge in [0, 0.05) is 43.5 Å². The van der Waals surface area contributed by atoms with Crippen LogP contribution in [0.4, 0.5) is 11.8 Å². The minimum Gasteiger partial charge on any atom is -0.480 e. The number of carbonyl (C=O) groups is 2. The lowest BCUT2D eigenvalue weighted by Crippen LogP contribution is -2.43. The maximum Gasteiger partial charge on any atom is 0.320 e. The number of aliphatic carboxylic acids is 1. The Balaban J connectivity index is 1.04. The number of piperidine rings is 1. The van der Waals surface area contributed by atoms with Crippen molar-refractivity contribution in [2.75, 3.05) is 50.4 Å². The van der Waals surface area contributed by atoms with Gasteiger partial charge in [-0.15, -0.1) is 5.10 Å². The van der Waals surface area contributed by atoms with Gasteiger partial charge in [0.25, 0.3) is 0 Å². The molecule has 1 saturated carbocycles. The van der Waals surface area contributed by atoms with Crippen molar-refractivity contribution in [3.05, 3.63) is 36.2 Å². The summed E-state index contributed by atoms with van der Waals surface area (Å²) in [6, 6.07) is 7.80. The highest BCUT2D eigenvalue weighted by molar-refractivity contribution is 5.90. The van der Waals surface area contributed by atoms with Gasteiger partial charge in [-0.1, -0.05) is 36.6 Å². The van der Waals surface area contributed by atoms with Gasteiger partial charge in [0.05, 0.1) is 18.3 Å². The number of hydrogen-bond acceptors (Lipinski definition) is 11. The molecule has 14 heteroatoms. The van der Waals surface area contributed by atoms with Gasteiger partial charge in [-0.2, -0.15) is 4.98 Å². The number of nitrogens with zero attached hydrogens (tertiary/aromatic N) is 7. The molecule has 1 unspecified atom stereocenters. The van der Waals surface area contributed by atoms with Crippen molar-refractivity contribution in [2.24, 2.45) is 5.73 Å². The van der Waals surface area contributed by atoms with Crippen LogP contribution in [0.1, 0.15) is 76.3 Å². The van der Waals surface area contributed by atoms with E-state index in [1.54, 1.807) is 4.90 Å². The maximum absolute atomic E-state index is 12.6. The smallest absolute Gasteiger partial charge is 0.320 e. The third-order valence-corrected chi connectivity index (χ3v) is 9.60. The molecule has 1 amide bonds. The highest BCUT2D eigenvalue weighted by Gasteiger charge is 2.25. The molecule has 1 aliphatic carbocycles. The Bertz CT molecular complexity index is 1450. The number of para-hydroxylation sites is 1. The van der Waals surface area contributed by atoms with Crippen LogP contribution in [-0.2, 0) is 22.7 Å². The molecule has 0 bridgehead atoms. The van der Waals surface area contributed by atoms with Gasteiger partial charge in [0.1, 0.15) is 17.6 Å². The van der Waals surface area contributed by atoms with Crippen LogP contribution in [0.5, 0.6) is 0 Å². The fraction of sp³-hybridized carbons (Fsp3) is 0.647. The van der Waals surface area contributed by atoms with E-state index >= 15 is 0 Å². The quantitative estimate of drug-likeness (QED) is 0.126. The first-order chi connectivity index (χ1) is 23.4. The summed E-state index contributed by atoms with van der Waals surface area (Å²) in [6.45, 7) is 5.60. The molecule has 1 aliphatic heterocycles. The maximum atomic E-state index is 12.6. The average Bonchev–Trinajstić information content (AvgIpc) is 3.57. The van der Waals surface area contributed by atoms with E-state index in [2.05, 4.69) is 38.2 Å². The Labute approximate surface area is 283 Å². The molecule has 6 N–H and O–H groups in total. The first-order valence-corrected chi connectivity index (χ1v) is 17.7. The number of benzene rings is 1. The van der Waals surface area contributed by atoms with Gasteiger partial charge in [0.15, 0.2) is 0 Å². The number of aromatic nitrogens is 5. The van der Waals surface area contributed by atoms with Crippen molar-refractivity contribution in [3.8, 4) is 0 Å². The van der Waals surface area contributed by atoms with E-state index < -0.39 is 12.0 Å². The molecule has 262 valence electrons. The van der Waals surface area contributed by atoms with Crippen LogP contribution < -0.4 is 21.7 Å². The molecule has 1 atom stereocenters. The molecule has 3 heterocycles. The van der Waals surface area contributed by atoms with Crippen molar-refractivity contribution in [1.29, 1.82) is 0 Å². The topological polar surface area (TPSA) is 179 Å². The van der Waals surface area contributed by atoms with Crippen LogP contribution in [0, 0.1) is 0 Å². The molecule has 48 heavy (non-hydrogen) atoms. The second kappa shape index (κ2) is 18.0. The number of carbonyl (C=O) groups excluding carboxylic acids is 1. The summed E-state index contributed by atoms with van der Waals surface area (Å²) in [5.41, 5.74) is 7.22. The van der Waals surface area contributed by atoms with E-state index in [9.17, 15) is 9.59 Å². The van der Waals surface area contributed by atoms with E-state index in [1.165, 1.54) is 38.5 Å². The second-order valence-electron chi connectivity index (χ2n) is 13.3. The van der Waals surface area contributed by atoms with Gasteiger partial charge in [-0.3, -0.25) is 14.3 Å². The molecule has 14 nitrogen and oxygen atoms in total. The number of amides is 1. The molecule has 2 aliphatic rings. The van der Waals surface area contributed by atoms with E-state index in [4.69, 9.17) is 20.8 Å². The summed E-state index contributed by atoms with van der Waals surface area (Å²) in [5, 5.41) is 29.0. The molecule has 1 saturated heterocycles. The van der Waals surface area contributed by atoms with Crippen molar-refractivity contribution in [2.45, 2.75) is 102 Å². The zero-order valence-corrected chi connectivity index (χ0v) is 28.3. The average molecular weight is 664 g/mol. The summed E-state index contributed by atoms with van der Waals surface area (Å²) >= 11 is 0. The van der Waals surface area contributed by atoms with Crippen LogP contribution in [0.15, 0.2) is 30.5 Å². The predicted octanol–water partition coefficient (Wildman–Crippen LogP) is 3.06. The first-order valence-electron chi connectivity index (χ1n) is 17.7. The van der Waals surface area contributed by atoms with Crippen LogP contribution in [0.2, 0.25) is 0 Å². The highest BCUT2D eigenvalue weighted by atomic mass is 16.4. The number of nitrogens with one attached hydrogen (secondary N) is 3. The predicted molar refractivity (Wildman–Crippen MR) is 187 cm³/mol. The Morgan fingerprint density at radius 2 is 1.83 bits per heavy atom. The van der Waals surface area contributed by atoms with Crippen LogP contribution in [0.25, 0.3) is 10.9 Å². The Kier molecular flexibility index (Phi) is 13.3. The molecular formula is C34H53N11O3. The van der Waals surface area contributed by atoms with Crippen LogP contribution >= 0.6 is 0 Å². The molecule has 0 radical (unpaired) electrons. The summed E-state index contributed by atoms with van der Waals surface area (Å²) in [7, 11) is 2.28. The number of fused-ring (bicyclic) bond motifs is 1. The third-order valence-electron chi connectivity index (χ3n) is 9.60. The van der Waals surface area contributed by atoms with Gasteiger partial charge >= 0.3 is 5.97 Å². The third kappa shape index (κ3) is 10.6. The standard InChI is InChI=1S/C34H53N11O3/c1-43(27-9-3-2-4-10-27)19-7-17-36-18-8-20-45-24-26(41-42-45)23-37-34-39-30-12-6-5-11-28(30)32(40-34)38-25-15-21-44(22-16-25)31(46)14-13-29(35)33(47)48/h5-6,11-12,24-25,27,29,36H,2-4,7-10,13-23,35H2,1H3,(H,47,48)(H2,37,38,39,40). The lowest BCUT2D eigenvalue weighted by atomic mass is 9.94. The van der Waals surface area contributed by atoms with E-state index in [0.29, 0.717) is 25.6 Å². The molecule has 3 aromatic rings. The number of hydrogen-bond donors (Lipinski definition) is 5. The highest BCUT2D eigenvalue weighted by Crippen LogP contribution is 2.25. The number of anilines is 2. The lowest BCUT2D eigenvalue weighted by Gasteiger charge is -2.33. The van der Waals surface area contributed by atoms with Crippen molar-refractivity contribution < 1.29 is 14.7 Å². The zero-order valence-electron chi connectivity index (χ0n) is 28.3. The monoisotopic (exact) mass is 663 g/mol. The Hall–Kier alpha value is -3.88. The van der Waals surface area contributed by atoms with E-state index in [-0.39, 0.29) is 24.8 Å². The van der Waals surface area contributed by atoms with Gasteiger partial charge in [-0.25, -0.2) is 4.98 Å². The fourth-order valence-corrected chi connectivity index (χ4v) is 6.64. The summed E-state index contributed by atoms with van der Waals surface area (Å²) in [4.78, 5) is 37.4. The Morgan fingerprint density at radius 1 is 1.06 bits per heavy atom. The number of nitrogens with two attached hydrogens (primary N) is 1. The van der Waals surface area contributed by atoms with Crippen molar-refractivity contribution in [1.82, 2.24) is 40.1 Å². The Morgan fingerprint density at radius 3 is 2.62 bits per heavy atom. The first kappa shape index (κ1) is 35.4. The number of carboxylic acid groups (broad SMARTS) is 1. The van der Waals surface area contributed by atoms with Gasteiger partial charge < -0.3 is 36.6 Å². The largest absolute Gasteiger partial charge is 0.480 e. The molecule has 1 aromatic carbocycles. The summed E-state index contributed by atoms with van der Waals surface area (Å²) in [5.74, 6) is 0.116. The lowest BCUT2D eigenvalue weighted by molar-refractivity contribution is -0.139.